The molecule has 7 nitrogen and oxygen atoms in total. The van der Waals surface area contributed by atoms with Crippen molar-refractivity contribution in [3.05, 3.63) is 24.0 Å². The lowest BCUT2D eigenvalue weighted by Crippen LogP contribution is -2.51. The second kappa shape index (κ2) is 5.75. The molecular weight excluding hydrogens is 284 g/mol. The van der Waals surface area contributed by atoms with Crippen molar-refractivity contribution >= 4 is 22.9 Å². The fraction of sp³-hybridized carbons (Fsp3) is 0.467. The minimum absolute atomic E-state index is 0.167. The predicted octanol–water partition coefficient (Wildman–Crippen LogP) is 2.00. The van der Waals surface area contributed by atoms with Crippen LogP contribution in [0.1, 0.15) is 50.5 Å². The first-order valence-corrected chi connectivity index (χ1v) is 7.17. The van der Waals surface area contributed by atoms with Gasteiger partial charge in [-0.3, -0.25) is 4.79 Å². The molecule has 0 aliphatic rings. The van der Waals surface area contributed by atoms with E-state index in [1.165, 1.54) is 13.1 Å². The summed E-state index contributed by atoms with van der Waals surface area (Å²) in [6.45, 7) is 7.18. The molecule has 0 fully saturated rings. The van der Waals surface area contributed by atoms with Crippen LogP contribution in [0.4, 0.5) is 0 Å². The Morgan fingerprint density at radius 2 is 2.09 bits per heavy atom. The van der Waals surface area contributed by atoms with Gasteiger partial charge < -0.3 is 10.4 Å². The standard InChI is InChI=1S/C15H20N4O3/c1-5-15(4,14(21)22)18-13(20)11-6-10-8-17-19(9(2)3)12(10)16-7-11/h6-9H,5H2,1-4H3,(H,18,20)(H,21,22)/t15-/m0/s1. The quantitative estimate of drug-likeness (QED) is 0.880. The largest absolute Gasteiger partial charge is 0.480 e. The summed E-state index contributed by atoms with van der Waals surface area (Å²) in [6, 6.07) is 1.83. The van der Waals surface area contributed by atoms with Crippen molar-refractivity contribution in [3.63, 3.8) is 0 Å². The Balaban J connectivity index is 2.31. The fourth-order valence-corrected chi connectivity index (χ4v) is 2.06. The average molecular weight is 304 g/mol. The second-order valence-electron chi connectivity index (χ2n) is 5.76. The van der Waals surface area contributed by atoms with Crippen LogP contribution in [-0.4, -0.2) is 37.3 Å². The van der Waals surface area contributed by atoms with Crippen molar-refractivity contribution in [1.82, 2.24) is 20.1 Å². The summed E-state index contributed by atoms with van der Waals surface area (Å²) in [5, 5.41) is 16.8. The SMILES string of the molecule is CC[C@](C)(NC(=O)c1cnc2c(cnn2C(C)C)c1)C(=O)O. The maximum absolute atomic E-state index is 12.3. The van der Waals surface area contributed by atoms with E-state index in [1.54, 1.807) is 23.9 Å². The van der Waals surface area contributed by atoms with E-state index in [9.17, 15) is 14.7 Å². The van der Waals surface area contributed by atoms with Crippen LogP contribution >= 0.6 is 0 Å². The number of pyridine rings is 1. The average Bonchev–Trinajstić information content (AvgIpc) is 2.89. The van der Waals surface area contributed by atoms with Crippen molar-refractivity contribution in [3.8, 4) is 0 Å². The van der Waals surface area contributed by atoms with Crippen molar-refractivity contribution in [1.29, 1.82) is 0 Å². The van der Waals surface area contributed by atoms with Crippen molar-refractivity contribution in [2.75, 3.05) is 0 Å². The summed E-state index contributed by atoms with van der Waals surface area (Å²) in [7, 11) is 0. The van der Waals surface area contributed by atoms with Gasteiger partial charge in [-0.25, -0.2) is 14.5 Å². The van der Waals surface area contributed by atoms with E-state index in [2.05, 4.69) is 15.4 Å². The molecule has 0 aliphatic heterocycles. The zero-order valence-electron chi connectivity index (χ0n) is 13.1. The van der Waals surface area contributed by atoms with Crippen LogP contribution in [0, 0.1) is 0 Å². The minimum atomic E-state index is -1.30. The van der Waals surface area contributed by atoms with Crippen LogP contribution in [0.3, 0.4) is 0 Å². The molecule has 7 heteroatoms. The molecule has 0 bridgehead atoms. The maximum Gasteiger partial charge on any atom is 0.329 e. The molecule has 2 aromatic rings. The highest BCUT2D eigenvalue weighted by molar-refractivity contribution is 5.99. The molecule has 0 aliphatic carbocycles. The van der Waals surface area contributed by atoms with E-state index >= 15 is 0 Å². The molecule has 0 saturated heterocycles. The van der Waals surface area contributed by atoms with Gasteiger partial charge in [0.15, 0.2) is 5.65 Å². The number of carboxylic acids is 1. The summed E-state index contributed by atoms with van der Waals surface area (Å²) in [5.41, 5.74) is -0.284. The first-order valence-electron chi connectivity index (χ1n) is 7.17. The van der Waals surface area contributed by atoms with E-state index in [0.717, 1.165) is 5.39 Å². The Morgan fingerprint density at radius 1 is 1.41 bits per heavy atom. The number of aliphatic carboxylic acids is 1. The molecule has 2 N–H and O–H groups in total. The molecule has 1 atom stereocenters. The number of nitrogens with one attached hydrogen (secondary N) is 1. The highest BCUT2D eigenvalue weighted by Crippen LogP contribution is 2.17. The Kier molecular flexibility index (Phi) is 4.16. The summed E-state index contributed by atoms with van der Waals surface area (Å²) in [5.74, 6) is -1.52. The van der Waals surface area contributed by atoms with Crippen LogP contribution in [0.15, 0.2) is 18.5 Å². The third kappa shape index (κ3) is 2.79. The zero-order valence-corrected chi connectivity index (χ0v) is 13.1. The lowest BCUT2D eigenvalue weighted by atomic mass is 9.98. The van der Waals surface area contributed by atoms with Gasteiger partial charge in [0.25, 0.3) is 5.91 Å². The molecule has 22 heavy (non-hydrogen) atoms. The summed E-state index contributed by atoms with van der Waals surface area (Å²) >= 11 is 0. The number of carboxylic acid groups (broad SMARTS) is 1. The van der Waals surface area contributed by atoms with Gasteiger partial charge in [0, 0.05) is 17.6 Å². The Hall–Kier alpha value is -2.44. The number of nitrogens with zero attached hydrogens (tertiary/aromatic N) is 3. The Labute approximate surface area is 128 Å². The number of amides is 1. The molecule has 118 valence electrons. The summed E-state index contributed by atoms with van der Waals surface area (Å²) in [6.07, 6.45) is 3.38. The normalized spacial score (nSPS) is 14.0. The molecule has 1 amide bonds. The number of carbonyl (C=O) groups is 2. The predicted molar refractivity (Wildman–Crippen MR) is 81.7 cm³/mol. The van der Waals surface area contributed by atoms with Gasteiger partial charge in [-0.2, -0.15) is 5.10 Å². The number of hydrogen-bond donors (Lipinski definition) is 2. The van der Waals surface area contributed by atoms with Gasteiger partial charge in [0.05, 0.1) is 11.8 Å². The molecule has 2 heterocycles. The van der Waals surface area contributed by atoms with E-state index in [-0.39, 0.29) is 12.5 Å². The zero-order chi connectivity index (χ0) is 16.5. The Morgan fingerprint density at radius 3 is 2.64 bits per heavy atom. The molecule has 2 rings (SSSR count). The molecule has 0 aromatic carbocycles. The lowest BCUT2D eigenvalue weighted by molar-refractivity contribution is -0.143. The number of aromatic nitrogens is 3. The maximum atomic E-state index is 12.3. The van der Waals surface area contributed by atoms with Gasteiger partial charge in [-0.1, -0.05) is 6.92 Å². The number of hydrogen-bond acceptors (Lipinski definition) is 4. The monoisotopic (exact) mass is 304 g/mol. The van der Waals surface area contributed by atoms with Crippen molar-refractivity contribution in [2.24, 2.45) is 0 Å². The molecular formula is C15H20N4O3. The summed E-state index contributed by atoms with van der Waals surface area (Å²) in [4.78, 5) is 27.8. The van der Waals surface area contributed by atoms with Gasteiger partial charge in [-0.05, 0) is 33.3 Å². The van der Waals surface area contributed by atoms with E-state index in [1.807, 2.05) is 13.8 Å². The van der Waals surface area contributed by atoms with E-state index in [4.69, 9.17) is 0 Å². The molecule has 0 saturated carbocycles. The number of rotatable bonds is 5. The molecule has 2 aromatic heterocycles. The molecule has 0 radical (unpaired) electrons. The van der Waals surface area contributed by atoms with Gasteiger partial charge in [-0.15, -0.1) is 0 Å². The van der Waals surface area contributed by atoms with Crippen LogP contribution < -0.4 is 5.32 Å². The van der Waals surface area contributed by atoms with Gasteiger partial charge in [0.1, 0.15) is 5.54 Å². The van der Waals surface area contributed by atoms with Crippen LogP contribution in [-0.2, 0) is 4.79 Å². The van der Waals surface area contributed by atoms with Crippen molar-refractivity contribution < 1.29 is 14.7 Å². The fourth-order valence-electron chi connectivity index (χ4n) is 2.06. The van der Waals surface area contributed by atoms with E-state index in [0.29, 0.717) is 11.2 Å². The Bertz CT molecular complexity index is 723. The van der Waals surface area contributed by atoms with Gasteiger partial charge >= 0.3 is 5.97 Å². The third-order valence-electron chi connectivity index (χ3n) is 3.75. The van der Waals surface area contributed by atoms with Crippen molar-refractivity contribution in [2.45, 2.75) is 45.7 Å². The smallest absolute Gasteiger partial charge is 0.329 e. The first kappa shape index (κ1) is 15.9. The number of carbonyl (C=O) groups excluding carboxylic acids is 1. The van der Waals surface area contributed by atoms with E-state index < -0.39 is 17.4 Å². The highest BCUT2D eigenvalue weighted by atomic mass is 16.4. The minimum Gasteiger partial charge on any atom is -0.480 e. The highest BCUT2D eigenvalue weighted by Gasteiger charge is 2.33. The third-order valence-corrected chi connectivity index (χ3v) is 3.75. The summed E-state index contributed by atoms with van der Waals surface area (Å²) < 4.78 is 1.77. The molecule has 0 unspecified atom stereocenters. The topological polar surface area (TPSA) is 97.1 Å². The van der Waals surface area contributed by atoms with Crippen LogP contribution in [0.2, 0.25) is 0 Å². The first-order chi connectivity index (χ1) is 10.3. The molecule has 0 spiro atoms. The number of fused-ring (bicyclic) bond motifs is 1. The van der Waals surface area contributed by atoms with Gasteiger partial charge in [0.2, 0.25) is 0 Å². The lowest BCUT2D eigenvalue weighted by Gasteiger charge is -2.24. The van der Waals surface area contributed by atoms with Crippen LogP contribution in [0.25, 0.3) is 11.0 Å². The second-order valence-corrected chi connectivity index (χ2v) is 5.76. The van der Waals surface area contributed by atoms with Crippen LogP contribution in [0.5, 0.6) is 0 Å².